The predicted octanol–water partition coefficient (Wildman–Crippen LogP) is 2.68. The Kier molecular flexibility index (Phi) is 6.26. The van der Waals surface area contributed by atoms with Crippen molar-refractivity contribution in [3.63, 3.8) is 0 Å². The second-order valence-corrected chi connectivity index (χ2v) is 5.09. The second-order valence-electron chi connectivity index (χ2n) is 5.09. The summed E-state index contributed by atoms with van der Waals surface area (Å²) in [5, 5.41) is 3.64. The Morgan fingerprint density at radius 1 is 1.13 bits per heavy atom. The molecule has 1 aliphatic rings. The SMILES string of the molecule is CCC1(CNCCCCCN)CCCC1. The third-order valence-corrected chi connectivity index (χ3v) is 3.97. The number of unbranched alkanes of at least 4 members (excludes halogenated alkanes) is 2. The van der Waals surface area contributed by atoms with Gasteiger partial charge >= 0.3 is 0 Å². The number of rotatable bonds is 8. The van der Waals surface area contributed by atoms with E-state index in [4.69, 9.17) is 5.73 Å². The average molecular weight is 212 g/mol. The summed E-state index contributed by atoms with van der Waals surface area (Å²) in [5.74, 6) is 0. The summed E-state index contributed by atoms with van der Waals surface area (Å²) >= 11 is 0. The van der Waals surface area contributed by atoms with E-state index in [1.54, 1.807) is 0 Å². The van der Waals surface area contributed by atoms with Gasteiger partial charge in [0.05, 0.1) is 0 Å². The van der Waals surface area contributed by atoms with Crippen LogP contribution in [0.1, 0.15) is 58.3 Å². The molecular formula is C13H28N2. The van der Waals surface area contributed by atoms with Gasteiger partial charge in [-0.25, -0.2) is 0 Å². The first-order valence-corrected chi connectivity index (χ1v) is 6.74. The largest absolute Gasteiger partial charge is 0.330 e. The van der Waals surface area contributed by atoms with Crippen molar-refractivity contribution in [1.29, 1.82) is 0 Å². The molecule has 1 saturated carbocycles. The Labute approximate surface area is 95.0 Å². The van der Waals surface area contributed by atoms with Crippen LogP contribution in [0.5, 0.6) is 0 Å². The lowest BCUT2D eigenvalue weighted by atomic mass is 9.83. The van der Waals surface area contributed by atoms with Gasteiger partial charge in [0, 0.05) is 6.54 Å². The zero-order chi connectivity index (χ0) is 11.0. The van der Waals surface area contributed by atoms with E-state index in [0.29, 0.717) is 5.41 Å². The smallest absolute Gasteiger partial charge is 0.000770 e. The fourth-order valence-corrected chi connectivity index (χ4v) is 2.70. The minimum absolute atomic E-state index is 0.647. The molecule has 1 rings (SSSR count). The van der Waals surface area contributed by atoms with Crippen LogP contribution in [0.15, 0.2) is 0 Å². The van der Waals surface area contributed by atoms with Gasteiger partial charge in [0.2, 0.25) is 0 Å². The fraction of sp³-hybridized carbons (Fsp3) is 1.00. The normalized spacial score (nSPS) is 19.6. The summed E-state index contributed by atoms with van der Waals surface area (Å²) in [7, 11) is 0. The molecule has 3 N–H and O–H groups in total. The van der Waals surface area contributed by atoms with Gasteiger partial charge in [0.25, 0.3) is 0 Å². The highest BCUT2D eigenvalue weighted by Gasteiger charge is 2.31. The minimum atomic E-state index is 0.647. The van der Waals surface area contributed by atoms with Crippen molar-refractivity contribution in [2.24, 2.45) is 11.1 Å². The first kappa shape index (κ1) is 13.0. The van der Waals surface area contributed by atoms with Gasteiger partial charge in [-0.3, -0.25) is 0 Å². The van der Waals surface area contributed by atoms with Crippen LogP contribution in [0, 0.1) is 5.41 Å². The topological polar surface area (TPSA) is 38.0 Å². The Bertz CT molecular complexity index is 151. The molecule has 0 atom stereocenters. The monoisotopic (exact) mass is 212 g/mol. The number of nitrogens with two attached hydrogens (primary N) is 1. The van der Waals surface area contributed by atoms with Crippen LogP contribution in [-0.2, 0) is 0 Å². The third-order valence-electron chi connectivity index (χ3n) is 3.97. The Morgan fingerprint density at radius 3 is 2.47 bits per heavy atom. The van der Waals surface area contributed by atoms with Crippen molar-refractivity contribution in [3.05, 3.63) is 0 Å². The molecule has 0 aliphatic heterocycles. The highest BCUT2D eigenvalue weighted by atomic mass is 14.9. The number of nitrogens with one attached hydrogen (secondary N) is 1. The van der Waals surface area contributed by atoms with E-state index in [-0.39, 0.29) is 0 Å². The molecule has 0 aromatic heterocycles. The van der Waals surface area contributed by atoms with E-state index in [1.165, 1.54) is 64.5 Å². The minimum Gasteiger partial charge on any atom is -0.330 e. The van der Waals surface area contributed by atoms with Crippen molar-refractivity contribution >= 4 is 0 Å². The second kappa shape index (κ2) is 7.24. The van der Waals surface area contributed by atoms with Gasteiger partial charge in [-0.15, -0.1) is 0 Å². The molecule has 0 heterocycles. The van der Waals surface area contributed by atoms with Gasteiger partial charge in [0.15, 0.2) is 0 Å². The molecule has 1 fully saturated rings. The van der Waals surface area contributed by atoms with Crippen molar-refractivity contribution in [1.82, 2.24) is 5.32 Å². The van der Waals surface area contributed by atoms with Crippen LogP contribution in [0.2, 0.25) is 0 Å². The quantitative estimate of drug-likeness (QED) is 0.607. The van der Waals surface area contributed by atoms with Gasteiger partial charge in [0.1, 0.15) is 0 Å². The van der Waals surface area contributed by atoms with Crippen LogP contribution in [-0.4, -0.2) is 19.6 Å². The van der Waals surface area contributed by atoms with Crippen LogP contribution in [0.25, 0.3) is 0 Å². The summed E-state index contributed by atoms with van der Waals surface area (Å²) in [6.45, 7) is 5.62. The summed E-state index contributed by atoms with van der Waals surface area (Å²) in [6.07, 6.45) is 10.9. The van der Waals surface area contributed by atoms with Gasteiger partial charge in [-0.1, -0.05) is 26.2 Å². The van der Waals surface area contributed by atoms with Crippen molar-refractivity contribution in [2.45, 2.75) is 58.3 Å². The van der Waals surface area contributed by atoms with Crippen molar-refractivity contribution in [3.8, 4) is 0 Å². The third kappa shape index (κ3) is 4.52. The molecule has 0 aromatic carbocycles. The van der Waals surface area contributed by atoms with Crippen LogP contribution < -0.4 is 11.1 Å². The number of hydrogen-bond donors (Lipinski definition) is 2. The van der Waals surface area contributed by atoms with E-state index in [1.807, 2.05) is 0 Å². The lowest BCUT2D eigenvalue weighted by Crippen LogP contribution is -2.32. The zero-order valence-electron chi connectivity index (χ0n) is 10.4. The van der Waals surface area contributed by atoms with E-state index in [2.05, 4.69) is 12.2 Å². The Balaban J connectivity index is 2.02. The Hall–Kier alpha value is -0.0800. The van der Waals surface area contributed by atoms with E-state index >= 15 is 0 Å². The first-order valence-electron chi connectivity index (χ1n) is 6.74. The van der Waals surface area contributed by atoms with Crippen LogP contribution in [0.3, 0.4) is 0 Å². The number of hydrogen-bond acceptors (Lipinski definition) is 2. The zero-order valence-corrected chi connectivity index (χ0v) is 10.4. The molecule has 15 heavy (non-hydrogen) atoms. The van der Waals surface area contributed by atoms with Crippen molar-refractivity contribution < 1.29 is 0 Å². The molecule has 90 valence electrons. The maximum Gasteiger partial charge on any atom is 0.000770 e. The fourth-order valence-electron chi connectivity index (χ4n) is 2.70. The molecule has 2 nitrogen and oxygen atoms in total. The molecule has 0 radical (unpaired) electrons. The van der Waals surface area contributed by atoms with E-state index < -0.39 is 0 Å². The highest BCUT2D eigenvalue weighted by molar-refractivity contribution is 4.85. The highest BCUT2D eigenvalue weighted by Crippen LogP contribution is 2.40. The molecular weight excluding hydrogens is 184 g/mol. The van der Waals surface area contributed by atoms with E-state index in [0.717, 1.165) is 6.54 Å². The molecule has 1 aliphatic carbocycles. The maximum atomic E-state index is 5.46. The van der Waals surface area contributed by atoms with Crippen LogP contribution >= 0.6 is 0 Å². The summed E-state index contributed by atoms with van der Waals surface area (Å²) in [5.41, 5.74) is 6.11. The molecule has 0 bridgehead atoms. The van der Waals surface area contributed by atoms with Crippen LogP contribution in [0.4, 0.5) is 0 Å². The van der Waals surface area contributed by atoms with Crippen molar-refractivity contribution in [2.75, 3.05) is 19.6 Å². The van der Waals surface area contributed by atoms with Gasteiger partial charge in [-0.2, -0.15) is 0 Å². The molecule has 0 spiro atoms. The molecule has 2 heteroatoms. The Morgan fingerprint density at radius 2 is 1.87 bits per heavy atom. The average Bonchev–Trinajstić information content (AvgIpc) is 2.73. The standard InChI is InChI=1S/C13H28N2/c1-2-13(8-4-5-9-13)12-15-11-7-3-6-10-14/h15H,2-12,14H2,1H3. The van der Waals surface area contributed by atoms with E-state index in [9.17, 15) is 0 Å². The molecule has 0 unspecified atom stereocenters. The van der Waals surface area contributed by atoms with Gasteiger partial charge in [-0.05, 0) is 50.6 Å². The summed E-state index contributed by atoms with van der Waals surface area (Å²) < 4.78 is 0. The molecule has 0 saturated heterocycles. The first-order chi connectivity index (χ1) is 7.33. The lowest BCUT2D eigenvalue weighted by molar-refractivity contribution is 0.268. The summed E-state index contributed by atoms with van der Waals surface area (Å²) in [4.78, 5) is 0. The van der Waals surface area contributed by atoms with Gasteiger partial charge < -0.3 is 11.1 Å². The lowest BCUT2D eigenvalue weighted by Gasteiger charge is -2.27. The molecule has 0 aromatic rings. The maximum absolute atomic E-state index is 5.46. The predicted molar refractivity (Wildman–Crippen MR) is 67.0 cm³/mol. The summed E-state index contributed by atoms with van der Waals surface area (Å²) in [6, 6.07) is 0. The molecule has 0 amide bonds.